The molecule has 0 amide bonds. The summed E-state index contributed by atoms with van der Waals surface area (Å²) < 4.78 is 5.13. The van der Waals surface area contributed by atoms with Gasteiger partial charge in [0.05, 0.1) is 12.2 Å². The summed E-state index contributed by atoms with van der Waals surface area (Å²) in [4.78, 5) is 28.6. The van der Waals surface area contributed by atoms with Gasteiger partial charge in [0.1, 0.15) is 5.82 Å². The van der Waals surface area contributed by atoms with E-state index >= 15 is 0 Å². The maximum Gasteiger partial charge on any atom is 0.346 e. The van der Waals surface area contributed by atoms with Crippen LogP contribution in [-0.2, 0) is 4.74 Å². The van der Waals surface area contributed by atoms with Gasteiger partial charge in [-0.3, -0.25) is 4.98 Å². The van der Waals surface area contributed by atoms with E-state index in [9.17, 15) is 9.59 Å². The fourth-order valence-corrected chi connectivity index (χ4v) is 1.59. The molecule has 0 fully saturated rings. The highest BCUT2D eigenvalue weighted by molar-refractivity contribution is 8.93. The molecule has 1 aromatic heterocycles. The number of nitrogens with one attached hydrogen (secondary N) is 2. The Morgan fingerprint density at radius 1 is 1.24 bits per heavy atom. The summed E-state index contributed by atoms with van der Waals surface area (Å²) in [5.41, 5.74) is 0.143. The van der Waals surface area contributed by atoms with E-state index in [1.54, 1.807) is 30.3 Å². The zero-order valence-corrected chi connectivity index (χ0v) is 13.0. The third-order valence-electron chi connectivity index (χ3n) is 2.55. The predicted octanol–water partition coefficient (Wildman–Crippen LogP) is 2.01. The number of aromatic amines is 1. The summed E-state index contributed by atoms with van der Waals surface area (Å²) in [6.45, 7) is 0.901. The highest BCUT2D eigenvalue weighted by Crippen LogP contribution is 2.02. The largest absolute Gasteiger partial charge is 0.462 e. The van der Waals surface area contributed by atoms with Crippen LogP contribution < -0.4 is 11.0 Å². The number of carbonyl (C=O) groups is 1. The summed E-state index contributed by atoms with van der Waals surface area (Å²) in [5, 5.41) is 3.01. The van der Waals surface area contributed by atoms with Crippen molar-refractivity contribution in [2.24, 2.45) is 0 Å². The lowest BCUT2D eigenvalue weighted by molar-refractivity contribution is 0.0504. The summed E-state index contributed by atoms with van der Waals surface area (Å²) >= 11 is 0. The fraction of sp³-hybridized carbons (Fsp3) is 0.214. The number of benzene rings is 1. The van der Waals surface area contributed by atoms with Gasteiger partial charge in [0.25, 0.3) is 0 Å². The van der Waals surface area contributed by atoms with Crippen LogP contribution in [-0.4, -0.2) is 29.1 Å². The molecule has 2 aromatic rings. The molecule has 2 rings (SSSR count). The maximum atomic E-state index is 11.6. The van der Waals surface area contributed by atoms with Crippen molar-refractivity contribution in [1.29, 1.82) is 0 Å². The zero-order chi connectivity index (χ0) is 14.2. The zero-order valence-electron chi connectivity index (χ0n) is 11.2. The molecule has 0 aliphatic heterocycles. The normalized spacial score (nSPS) is 9.52. The Labute approximate surface area is 132 Å². The number of rotatable bonds is 6. The van der Waals surface area contributed by atoms with Gasteiger partial charge in [0.15, 0.2) is 0 Å². The quantitative estimate of drug-likeness (QED) is 0.612. The van der Waals surface area contributed by atoms with Crippen molar-refractivity contribution in [1.82, 2.24) is 9.97 Å². The number of hydrogen-bond donors (Lipinski definition) is 2. The monoisotopic (exact) mass is 353 g/mol. The molecule has 2 N–H and O–H groups in total. The number of halogens is 1. The Morgan fingerprint density at radius 3 is 2.71 bits per heavy atom. The van der Waals surface area contributed by atoms with Crippen LogP contribution in [0.5, 0.6) is 0 Å². The third-order valence-corrected chi connectivity index (χ3v) is 2.55. The van der Waals surface area contributed by atoms with E-state index < -0.39 is 5.69 Å². The summed E-state index contributed by atoms with van der Waals surface area (Å²) in [7, 11) is 0. The number of ether oxygens (including phenoxy) is 1. The van der Waals surface area contributed by atoms with Crippen molar-refractivity contribution in [3.63, 3.8) is 0 Å². The van der Waals surface area contributed by atoms with Crippen molar-refractivity contribution in [3.8, 4) is 0 Å². The first-order chi connectivity index (χ1) is 9.75. The minimum absolute atomic E-state index is 0. The van der Waals surface area contributed by atoms with Crippen LogP contribution in [0.25, 0.3) is 0 Å². The maximum absolute atomic E-state index is 11.6. The van der Waals surface area contributed by atoms with Gasteiger partial charge in [0.2, 0.25) is 0 Å². The van der Waals surface area contributed by atoms with Gasteiger partial charge in [-0.1, -0.05) is 18.2 Å². The minimum Gasteiger partial charge on any atom is -0.462 e. The first-order valence-electron chi connectivity index (χ1n) is 6.27. The molecule has 1 aromatic carbocycles. The number of H-pyrrole nitrogens is 1. The molecule has 1 heterocycles. The Hall–Kier alpha value is -2.15. The molecule has 6 nitrogen and oxygen atoms in total. The molecule has 7 heteroatoms. The van der Waals surface area contributed by atoms with Crippen LogP contribution in [0.3, 0.4) is 0 Å². The molecule has 0 aliphatic carbocycles. The fourth-order valence-electron chi connectivity index (χ4n) is 1.59. The van der Waals surface area contributed by atoms with Gasteiger partial charge in [-0.2, -0.15) is 0 Å². The second-order valence-corrected chi connectivity index (χ2v) is 4.07. The minimum atomic E-state index is -0.398. The van der Waals surface area contributed by atoms with Crippen molar-refractivity contribution in [2.75, 3.05) is 18.5 Å². The number of esters is 1. The van der Waals surface area contributed by atoms with E-state index in [-0.39, 0.29) is 23.0 Å². The topological polar surface area (TPSA) is 84.1 Å². The van der Waals surface area contributed by atoms with Gasteiger partial charge < -0.3 is 10.1 Å². The number of carbonyl (C=O) groups excluding carboxylic acids is 1. The third kappa shape index (κ3) is 5.78. The van der Waals surface area contributed by atoms with Crippen LogP contribution in [0.4, 0.5) is 5.82 Å². The Balaban J connectivity index is 0.00000220. The van der Waals surface area contributed by atoms with E-state index in [0.717, 1.165) is 0 Å². The summed E-state index contributed by atoms with van der Waals surface area (Å²) in [6.07, 6.45) is 2.07. The van der Waals surface area contributed by atoms with Crippen molar-refractivity contribution >= 4 is 28.8 Å². The summed E-state index contributed by atoms with van der Waals surface area (Å²) in [5.74, 6) is 0.266. The molecular weight excluding hydrogens is 338 g/mol. The lowest BCUT2D eigenvalue weighted by atomic mass is 10.2. The molecule has 0 saturated heterocycles. The van der Waals surface area contributed by atoms with E-state index in [1.807, 2.05) is 6.07 Å². The van der Waals surface area contributed by atoms with E-state index in [2.05, 4.69) is 15.3 Å². The molecule has 0 bridgehead atoms. The molecule has 0 aliphatic rings. The summed E-state index contributed by atoms with van der Waals surface area (Å²) in [6, 6.07) is 10.5. The molecule has 0 radical (unpaired) electrons. The second kappa shape index (κ2) is 8.91. The Morgan fingerprint density at radius 2 is 2.00 bits per heavy atom. The predicted molar refractivity (Wildman–Crippen MR) is 85.0 cm³/mol. The van der Waals surface area contributed by atoms with Gasteiger partial charge in [-0.25, -0.2) is 14.6 Å². The number of nitrogens with zero attached hydrogens (tertiary/aromatic N) is 1. The number of hydrogen-bond acceptors (Lipinski definition) is 5. The average molecular weight is 354 g/mol. The second-order valence-electron chi connectivity index (χ2n) is 4.07. The first-order valence-corrected chi connectivity index (χ1v) is 6.27. The molecule has 0 unspecified atom stereocenters. The molecule has 0 spiro atoms. The van der Waals surface area contributed by atoms with E-state index in [1.165, 1.54) is 6.20 Å². The SMILES string of the molecule is Br.O=C(OCCCNc1ccnc(=O)[nH]1)c1ccccc1. The van der Waals surface area contributed by atoms with Gasteiger partial charge in [-0.05, 0) is 24.6 Å². The van der Waals surface area contributed by atoms with Crippen LogP contribution in [0.2, 0.25) is 0 Å². The van der Waals surface area contributed by atoms with Gasteiger partial charge in [0, 0.05) is 12.7 Å². The van der Waals surface area contributed by atoms with Crippen molar-refractivity contribution < 1.29 is 9.53 Å². The van der Waals surface area contributed by atoms with Crippen LogP contribution in [0.1, 0.15) is 16.8 Å². The molecule has 21 heavy (non-hydrogen) atoms. The lowest BCUT2D eigenvalue weighted by Gasteiger charge is -2.06. The Bertz CT molecular complexity index is 616. The lowest BCUT2D eigenvalue weighted by Crippen LogP contribution is -2.14. The van der Waals surface area contributed by atoms with Crippen LogP contribution >= 0.6 is 17.0 Å². The van der Waals surface area contributed by atoms with E-state index in [0.29, 0.717) is 31.0 Å². The van der Waals surface area contributed by atoms with Crippen LogP contribution in [0.15, 0.2) is 47.4 Å². The molecule has 0 atom stereocenters. The first kappa shape index (κ1) is 16.9. The average Bonchev–Trinajstić information content (AvgIpc) is 2.48. The highest BCUT2D eigenvalue weighted by Gasteiger charge is 2.04. The van der Waals surface area contributed by atoms with Crippen LogP contribution in [0, 0.1) is 0 Å². The number of aromatic nitrogens is 2. The molecular formula is C14H16BrN3O3. The highest BCUT2D eigenvalue weighted by atomic mass is 79.9. The standard InChI is InChI=1S/C14H15N3O3.BrH/c18-13(11-5-2-1-3-6-11)20-10-4-8-15-12-7-9-16-14(19)17-12;/h1-3,5-7,9H,4,8,10H2,(H2,15,16,17,19);1H. The van der Waals surface area contributed by atoms with Crippen molar-refractivity contribution in [3.05, 3.63) is 58.6 Å². The van der Waals surface area contributed by atoms with Gasteiger partial charge in [-0.15, -0.1) is 17.0 Å². The molecule has 112 valence electrons. The van der Waals surface area contributed by atoms with Crippen molar-refractivity contribution in [2.45, 2.75) is 6.42 Å². The molecule has 0 saturated carbocycles. The van der Waals surface area contributed by atoms with Gasteiger partial charge >= 0.3 is 11.7 Å². The smallest absolute Gasteiger partial charge is 0.346 e. The Kier molecular flexibility index (Phi) is 7.17. The number of anilines is 1. The van der Waals surface area contributed by atoms with E-state index in [4.69, 9.17) is 4.74 Å².